The van der Waals surface area contributed by atoms with E-state index in [1.165, 1.54) is 0 Å². The van der Waals surface area contributed by atoms with E-state index in [9.17, 15) is 4.79 Å². The molecule has 0 fully saturated rings. The summed E-state index contributed by atoms with van der Waals surface area (Å²) in [5.41, 5.74) is 6.64. The van der Waals surface area contributed by atoms with Crippen molar-refractivity contribution in [1.82, 2.24) is 25.5 Å². The lowest BCUT2D eigenvalue weighted by Crippen LogP contribution is -2.25. The number of H-pyrrole nitrogens is 1. The molecule has 5 aromatic rings. The quantitative estimate of drug-likeness (QED) is 0.419. The Labute approximate surface area is 185 Å². The standard InChI is InChI=1S/C26H21N5O/c32-26(27-14-13-18-16-28-29-17-18)21-11-12-22-23(15-21)31-25(20-9-5-2-6-10-20)24(30-22)19-7-3-1-4-8-19/h1-12,15-17H,13-14H2,(H,27,32)(H,28,29). The first kappa shape index (κ1) is 19.6. The summed E-state index contributed by atoms with van der Waals surface area (Å²) in [5.74, 6) is -0.134. The maximum absolute atomic E-state index is 12.7. The van der Waals surface area contributed by atoms with Crippen LogP contribution in [0.25, 0.3) is 33.5 Å². The highest BCUT2D eigenvalue weighted by atomic mass is 16.1. The number of hydrogen-bond donors (Lipinski definition) is 2. The van der Waals surface area contributed by atoms with Crippen LogP contribution in [0.5, 0.6) is 0 Å². The minimum Gasteiger partial charge on any atom is -0.352 e. The highest BCUT2D eigenvalue weighted by Crippen LogP contribution is 2.31. The predicted molar refractivity (Wildman–Crippen MR) is 125 cm³/mol. The fourth-order valence-electron chi connectivity index (χ4n) is 3.63. The van der Waals surface area contributed by atoms with Gasteiger partial charge in [-0.15, -0.1) is 0 Å². The number of aromatic amines is 1. The van der Waals surface area contributed by atoms with Crippen LogP contribution in [0.15, 0.2) is 91.3 Å². The van der Waals surface area contributed by atoms with Gasteiger partial charge in [0, 0.05) is 29.4 Å². The summed E-state index contributed by atoms with van der Waals surface area (Å²) in [6.45, 7) is 0.532. The number of aromatic nitrogens is 4. The van der Waals surface area contributed by atoms with E-state index in [1.807, 2.05) is 72.9 Å². The zero-order chi connectivity index (χ0) is 21.8. The highest BCUT2D eigenvalue weighted by Gasteiger charge is 2.14. The van der Waals surface area contributed by atoms with Gasteiger partial charge in [0.05, 0.1) is 28.6 Å². The molecule has 0 unspecified atom stereocenters. The Hall–Kier alpha value is -4.32. The molecule has 0 saturated heterocycles. The summed E-state index contributed by atoms with van der Waals surface area (Å²) in [6, 6.07) is 25.5. The molecule has 3 aromatic carbocycles. The minimum absolute atomic E-state index is 0.134. The van der Waals surface area contributed by atoms with Gasteiger partial charge in [0.1, 0.15) is 0 Å². The number of nitrogens with zero attached hydrogens (tertiary/aromatic N) is 3. The third-order valence-corrected chi connectivity index (χ3v) is 5.27. The minimum atomic E-state index is -0.134. The Morgan fingerprint density at radius 3 is 2.09 bits per heavy atom. The maximum Gasteiger partial charge on any atom is 0.251 e. The molecule has 2 aromatic heterocycles. The highest BCUT2D eigenvalue weighted by molar-refractivity contribution is 5.98. The van der Waals surface area contributed by atoms with Crippen molar-refractivity contribution < 1.29 is 4.79 Å². The van der Waals surface area contributed by atoms with Crippen LogP contribution in [-0.4, -0.2) is 32.6 Å². The Balaban J connectivity index is 1.49. The smallest absolute Gasteiger partial charge is 0.251 e. The Morgan fingerprint density at radius 1 is 0.812 bits per heavy atom. The number of carbonyl (C=O) groups excluding carboxylic acids is 1. The molecule has 32 heavy (non-hydrogen) atoms. The van der Waals surface area contributed by atoms with Crippen molar-refractivity contribution in [3.8, 4) is 22.5 Å². The van der Waals surface area contributed by atoms with Gasteiger partial charge in [0.25, 0.3) is 5.91 Å². The molecule has 0 aliphatic carbocycles. The van der Waals surface area contributed by atoms with Crippen LogP contribution in [0.4, 0.5) is 0 Å². The molecule has 0 aliphatic rings. The molecule has 156 valence electrons. The second-order valence-electron chi connectivity index (χ2n) is 7.47. The third-order valence-electron chi connectivity index (χ3n) is 5.27. The van der Waals surface area contributed by atoms with Crippen molar-refractivity contribution in [3.63, 3.8) is 0 Å². The van der Waals surface area contributed by atoms with Gasteiger partial charge in [-0.05, 0) is 30.2 Å². The van der Waals surface area contributed by atoms with Crippen LogP contribution in [0.2, 0.25) is 0 Å². The summed E-state index contributed by atoms with van der Waals surface area (Å²) < 4.78 is 0. The number of benzene rings is 3. The van der Waals surface area contributed by atoms with E-state index in [0.29, 0.717) is 24.0 Å². The fourth-order valence-corrected chi connectivity index (χ4v) is 3.63. The molecule has 5 rings (SSSR count). The van der Waals surface area contributed by atoms with Crippen LogP contribution < -0.4 is 5.32 Å². The summed E-state index contributed by atoms with van der Waals surface area (Å²) in [6.07, 6.45) is 4.30. The van der Waals surface area contributed by atoms with E-state index in [4.69, 9.17) is 9.97 Å². The average Bonchev–Trinajstić information content (AvgIpc) is 3.37. The number of fused-ring (bicyclic) bond motifs is 1. The second kappa shape index (κ2) is 8.81. The van der Waals surface area contributed by atoms with Gasteiger partial charge >= 0.3 is 0 Å². The van der Waals surface area contributed by atoms with Gasteiger partial charge in [-0.25, -0.2) is 9.97 Å². The van der Waals surface area contributed by atoms with Gasteiger partial charge in [-0.2, -0.15) is 5.10 Å². The molecule has 0 saturated carbocycles. The van der Waals surface area contributed by atoms with Gasteiger partial charge < -0.3 is 5.32 Å². The lowest BCUT2D eigenvalue weighted by Gasteiger charge is -2.11. The maximum atomic E-state index is 12.7. The van der Waals surface area contributed by atoms with Gasteiger partial charge in [-0.3, -0.25) is 9.89 Å². The van der Waals surface area contributed by atoms with Crippen molar-refractivity contribution in [2.75, 3.05) is 6.54 Å². The first-order chi connectivity index (χ1) is 15.8. The monoisotopic (exact) mass is 419 g/mol. The zero-order valence-electron chi connectivity index (χ0n) is 17.3. The largest absolute Gasteiger partial charge is 0.352 e. The average molecular weight is 419 g/mol. The SMILES string of the molecule is O=C(NCCc1cn[nH]c1)c1ccc2nc(-c3ccccc3)c(-c3ccccc3)nc2c1. The van der Waals surface area contributed by atoms with Crippen molar-refractivity contribution >= 4 is 16.9 Å². The second-order valence-corrected chi connectivity index (χ2v) is 7.47. The fraction of sp³-hybridized carbons (Fsp3) is 0.0769. The van der Waals surface area contributed by atoms with Gasteiger partial charge in [0.15, 0.2) is 0 Å². The molecule has 6 nitrogen and oxygen atoms in total. The molecule has 2 heterocycles. The van der Waals surface area contributed by atoms with Crippen molar-refractivity contribution in [3.05, 3.63) is 102 Å². The van der Waals surface area contributed by atoms with Crippen LogP contribution in [-0.2, 0) is 6.42 Å². The number of carbonyl (C=O) groups is 1. The molecule has 0 bridgehead atoms. The summed E-state index contributed by atoms with van der Waals surface area (Å²) >= 11 is 0. The van der Waals surface area contributed by atoms with E-state index in [2.05, 4.69) is 15.5 Å². The van der Waals surface area contributed by atoms with Gasteiger partial charge in [0.2, 0.25) is 0 Å². The Bertz CT molecular complexity index is 1350. The molecular weight excluding hydrogens is 398 g/mol. The number of rotatable bonds is 6. The lowest BCUT2D eigenvalue weighted by atomic mass is 10.0. The third kappa shape index (κ3) is 4.11. The summed E-state index contributed by atoms with van der Waals surface area (Å²) in [5, 5.41) is 9.65. The first-order valence-corrected chi connectivity index (χ1v) is 10.5. The van der Waals surface area contributed by atoms with E-state index >= 15 is 0 Å². The molecule has 0 aliphatic heterocycles. The number of hydrogen-bond acceptors (Lipinski definition) is 4. The lowest BCUT2D eigenvalue weighted by molar-refractivity contribution is 0.0954. The molecule has 0 spiro atoms. The van der Waals surface area contributed by atoms with E-state index in [1.54, 1.807) is 18.3 Å². The molecule has 1 amide bonds. The molecule has 0 atom stereocenters. The van der Waals surface area contributed by atoms with Crippen molar-refractivity contribution in [2.45, 2.75) is 6.42 Å². The van der Waals surface area contributed by atoms with E-state index in [0.717, 1.165) is 33.6 Å². The Morgan fingerprint density at radius 2 is 1.47 bits per heavy atom. The first-order valence-electron chi connectivity index (χ1n) is 10.5. The van der Waals surface area contributed by atoms with Crippen LogP contribution in [0, 0.1) is 0 Å². The van der Waals surface area contributed by atoms with Crippen LogP contribution >= 0.6 is 0 Å². The normalized spacial score (nSPS) is 10.9. The summed E-state index contributed by atoms with van der Waals surface area (Å²) in [4.78, 5) is 22.5. The van der Waals surface area contributed by atoms with Crippen LogP contribution in [0.1, 0.15) is 15.9 Å². The molecule has 6 heteroatoms. The van der Waals surface area contributed by atoms with Crippen LogP contribution in [0.3, 0.4) is 0 Å². The van der Waals surface area contributed by atoms with Crippen molar-refractivity contribution in [1.29, 1.82) is 0 Å². The zero-order valence-corrected chi connectivity index (χ0v) is 17.3. The predicted octanol–water partition coefficient (Wildman–Crippen LogP) is 4.66. The summed E-state index contributed by atoms with van der Waals surface area (Å²) in [7, 11) is 0. The van der Waals surface area contributed by atoms with E-state index in [-0.39, 0.29) is 5.91 Å². The van der Waals surface area contributed by atoms with Gasteiger partial charge in [-0.1, -0.05) is 60.7 Å². The number of nitrogens with one attached hydrogen (secondary N) is 2. The Kier molecular flexibility index (Phi) is 5.41. The topological polar surface area (TPSA) is 83.6 Å². The molecular formula is C26H21N5O. The molecule has 0 radical (unpaired) electrons. The van der Waals surface area contributed by atoms with Crippen molar-refractivity contribution in [2.24, 2.45) is 0 Å². The number of amides is 1. The molecule has 2 N–H and O–H groups in total. The van der Waals surface area contributed by atoms with E-state index < -0.39 is 0 Å².